The van der Waals surface area contributed by atoms with Crippen LogP contribution in [0.3, 0.4) is 0 Å². The Kier molecular flexibility index (Phi) is 4.53. The first kappa shape index (κ1) is 14.3. The van der Waals surface area contributed by atoms with E-state index in [4.69, 9.17) is 10.00 Å². The number of benzene rings is 1. The third-order valence-electron chi connectivity index (χ3n) is 3.28. The SMILES string of the molecule is CN1CCN(C(=O)COc2ccc(C#N)c(F)c2)CC1. The molecule has 1 aromatic carbocycles. The molecule has 0 aromatic heterocycles. The number of halogens is 1. The van der Waals surface area contributed by atoms with Crippen LogP contribution in [-0.4, -0.2) is 55.5 Å². The molecular weight excluding hydrogens is 261 g/mol. The average molecular weight is 277 g/mol. The standard InChI is InChI=1S/C14H16FN3O2/c1-17-4-6-18(7-5-17)14(19)10-20-12-3-2-11(9-16)13(15)8-12/h2-3,8H,4-7,10H2,1H3. The molecule has 6 heteroatoms. The van der Waals surface area contributed by atoms with E-state index in [1.807, 2.05) is 7.05 Å². The van der Waals surface area contributed by atoms with Crippen molar-refractivity contribution in [2.75, 3.05) is 39.8 Å². The van der Waals surface area contributed by atoms with Crippen LogP contribution in [0.4, 0.5) is 4.39 Å². The van der Waals surface area contributed by atoms with Gasteiger partial charge in [0, 0.05) is 32.2 Å². The minimum atomic E-state index is -0.642. The highest BCUT2D eigenvalue weighted by Crippen LogP contribution is 2.16. The molecular formula is C14H16FN3O2. The molecule has 1 heterocycles. The van der Waals surface area contributed by atoms with Gasteiger partial charge in [-0.05, 0) is 19.2 Å². The van der Waals surface area contributed by atoms with Crippen LogP contribution in [-0.2, 0) is 4.79 Å². The van der Waals surface area contributed by atoms with Gasteiger partial charge in [0.25, 0.3) is 5.91 Å². The lowest BCUT2D eigenvalue weighted by Gasteiger charge is -2.32. The van der Waals surface area contributed by atoms with Crippen molar-refractivity contribution in [1.29, 1.82) is 5.26 Å². The molecule has 1 fully saturated rings. The zero-order valence-electron chi connectivity index (χ0n) is 11.3. The van der Waals surface area contributed by atoms with E-state index in [0.717, 1.165) is 19.2 Å². The Hall–Kier alpha value is -2.13. The first-order valence-electron chi connectivity index (χ1n) is 6.39. The van der Waals surface area contributed by atoms with Gasteiger partial charge >= 0.3 is 0 Å². The van der Waals surface area contributed by atoms with Crippen LogP contribution in [0.5, 0.6) is 5.75 Å². The number of nitrogens with zero attached hydrogens (tertiary/aromatic N) is 3. The van der Waals surface area contributed by atoms with E-state index in [2.05, 4.69) is 4.90 Å². The van der Waals surface area contributed by atoms with Crippen molar-refractivity contribution in [3.05, 3.63) is 29.6 Å². The number of amides is 1. The Labute approximate surface area is 117 Å². The number of rotatable bonds is 3. The van der Waals surface area contributed by atoms with E-state index in [1.165, 1.54) is 12.1 Å². The monoisotopic (exact) mass is 277 g/mol. The summed E-state index contributed by atoms with van der Waals surface area (Å²) in [5.41, 5.74) is -0.0391. The van der Waals surface area contributed by atoms with Crippen molar-refractivity contribution in [1.82, 2.24) is 9.80 Å². The summed E-state index contributed by atoms with van der Waals surface area (Å²) in [6.07, 6.45) is 0. The lowest BCUT2D eigenvalue weighted by atomic mass is 10.2. The lowest BCUT2D eigenvalue weighted by Crippen LogP contribution is -2.48. The van der Waals surface area contributed by atoms with Gasteiger partial charge in [-0.15, -0.1) is 0 Å². The Morgan fingerprint density at radius 3 is 2.70 bits per heavy atom. The molecule has 0 bridgehead atoms. The first-order chi connectivity index (χ1) is 9.60. The molecule has 5 nitrogen and oxygen atoms in total. The molecule has 0 spiro atoms. The summed E-state index contributed by atoms with van der Waals surface area (Å²) in [5.74, 6) is -0.496. The third kappa shape index (κ3) is 3.45. The highest BCUT2D eigenvalue weighted by atomic mass is 19.1. The van der Waals surface area contributed by atoms with E-state index < -0.39 is 5.82 Å². The summed E-state index contributed by atoms with van der Waals surface area (Å²) in [4.78, 5) is 15.8. The molecule has 1 aromatic rings. The van der Waals surface area contributed by atoms with Crippen LogP contribution in [0.2, 0.25) is 0 Å². The van der Waals surface area contributed by atoms with Gasteiger partial charge in [-0.1, -0.05) is 0 Å². The topological polar surface area (TPSA) is 56.6 Å². The van der Waals surface area contributed by atoms with Gasteiger partial charge in [0.1, 0.15) is 17.6 Å². The molecule has 1 aliphatic rings. The summed E-state index contributed by atoms with van der Waals surface area (Å²) >= 11 is 0. The first-order valence-corrected chi connectivity index (χ1v) is 6.39. The second-order valence-electron chi connectivity index (χ2n) is 4.73. The largest absolute Gasteiger partial charge is 0.484 e. The molecule has 0 radical (unpaired) electrons. The van der Waals surface area contributed by atoms with Crippen LogP contribution < -0.4 is 4.74 Å². The molecule has 0 N–H and O–H groups in total. The normalized spacial score (nSPS) is 15.8. The number of hydrogen-bond acceptors (Lipinski definition) is 4. The second-order valence-corrected chi connectivity index (χ2v) is 4.73. The van der Waals surface area contributed by atoms with Crippen molar-refractivity contribution >= 4 is 5.91 Å². The lowest BCUT2D eigenvalue weighted by molar-refractivity contribution is -0.134. The number of hydrogen-bond donors (Lipinski definition) is 0. The maximum absolute atomic E-state index is 13.4. The molecule has 0 aliphatic carbocycles. The fourth-order valence-corrected chi connectivity index (χ4v) is 1.97. The predicted octanol–water partition coefficient (Wildman–Crippen LogP) is 0.850. The summed E-state index contributed by atoms with van der Waals surface area (Å²) < 4.78 is 18.6. The smallest absolute Gasteiger partial charge is 0.260 e. The predicted molar refractivity (Wildman–Crippen MR) is 70.7 cm³/mol. The molecule has 106 valence electrons. The number of nitriles is 1. The van der Waals surface area contributed by atoms with Crippen LogP contribution in [0.15, 0.2) is 18.2 Å². The molecule has 0 saturated carbocycles. The number of piperazine rings is 1. The van der Waals surface area contributed by atoms with Crippen molar-refractivity contribution < 1.29 is 13.9 Å². The number of likely N-dealkylation sites (N-methyl/N-ethyl adjacent to an activating group) is 1. The number of carbonyl (C=O) groups excluding carboxylic acids is 1. The average Bonchev–Trinajstić information content (AvgIpc) is 2.45. The van der Waals surface area contributed by atoms with Crippen molar-refractivity contribution in [2.45, 2.75) is 0 Å². The van der Waals surface area contributed by atoms with Crippen LogP contribution >= 0.6 is 0 Å². The highest BCUT2D eigenvalue weighted by molar-refractivity contribution is 5.77. The van der Waals surface area contributed by atoms with E-state index in [9.17, 15) is 9.18 Å². The summed E-state index contributed by atoms with van der Waals surface area (Å²) in [7, 11) is 2.01. The molecule has 0 atom stereocenters. The Morgan fingerprint density at radius 1 is 1.40 bits per heavy atom. The minimum Gasteiger partial charge on any atom is -0.484 e. The maximum atomic E-state index is 13.4. The molecule has 1 aliphatic heterocycles. The van der Waals surface area contributed by atoms with Crippen LogP contribution in [0.1, 0.15) is 5.56 Å². The molecule has 20 heavy (non-hydrogen) atoms. The van der Waals surface area contributed by atoms with Crippen molar-refractivity contribution in [2.24, 2.45) is 0 Å². The van der Waals surface area contributed by atoms with Crippen LogP contribution in [0.25, 0.3) is 0 Å². The van der Waals surface area contributed by atoms with Gasteiger partial charge in [-0.3, -0.25) is 4.79 Å². The zero-order chi connectivity index (χ0) is 14.5. The van der Waals surface area contributed by atoms with Crippen molar-refractivity contribution in [3.63, 3.8) is 0 Å². The summed E-state index contributed by atoms with van der Waals surface area (Å²) in [5, 5.41) is 8.62. The second kappa shape index (κ2) is 6.35. The molecule has 0 unspecified atom stereocenters. The molecule has 1 amide bonds. The molecule has 2 rings (SSSR count). The van der Waals surface area contributed by atoms with Gasteiger partial charge in [0.05, 0.1) is 5.56 Å². The summed E-state index contributed by atoms with van der Waals surface area (Å²) in [6.45, 7) is 2.93. The van der Waals surface area contributed by atoms with Gasteiger partial charge in [-0.25, -0.2) is 4.39 Å². The van der Waals surface area contributed by atoms with E-state index in [0.29, 0.717) is 13.1 Å². The van der Waals surface area contributed by atoms with Crippen LogP contribution in [0, 0.1) is 17.1 Å². The highest BCUT2D eigenvalue weighted by Gasteiger charge is 2.19. The third-order valence-corrected chi connectivity index (χ3v) is 3.28. The van der Waals surface area contributed by atoms with E-state index in [1.54, 1.807) is 11.0 Å². The van der Waals surface area contributed by atoms with Gasteiger partial charge in [0.2, 0.25) is 0 Å². The number of carbonyl (C=O) groups is 1. The van der Waals surface area contributed by atoms with Gasteiger partial charge < -0.3 is 14.5 Å². The number of ether oxygens (including phenoxy) is 1. The van der Waals surface area contributed by atoms with Gasteiger partial charge in [0.15, 0.2) is 6.61 Å². The van der Waals surface area contributed by atoms with E-state index >= 15 is 0 Å². The minimum absolute atomic E-state index is 0.0391. The summed E-state index contributed by atoms with van der Waals surface area (Å²) in [6, 6.07) is 5.68. The zero-order valence-corrected chi connectivity index (χ0v) is 11.3. The fourth-order valence-electron chi connectivity index (χ4n) is 1.97. The Morgan fingerprint density at radius 2 is 2.10 bits per heavy atom. The van der Waals surface area contributed by atoms with Gasteiger partial charge in [-0.2, -0.15) is 5.26 Å². The van der Waals surface area contributed by atoms with E-state index in [-0.39, 0.29) is 23.8 Å². The maximum Gasteiger partial charge on any atom is 0.260 e. The van der Waals surface area contributed by atoms with Crippen molar-refractivity contribution in [3.8, 4) is 11.8 Å². The molecule has 1 saturated heterocycles. The Balaban J connectivity index is 1.87. The fraction of sp³-hybridized carbons (Fsp3) is 0.429. The Bertz CT molecular complexity index is 534. The quantitative estimate of drug-likeness (QED) is 0.822.